The second-order valence-corrected chi connectivity index (χ2v) is 7.67. The van der Waals surface area contributed by atoms with E-state index >= 15 is 0 Å². The molecule has 0 bridgehead atoms. The van der Waals surface area contributed by atoms with Gasteiger partial charge >= 0.3 is 12.1 Å². The molecule has 1 aromatic rings. The topological polar surface area (TPSA) is 114 Å². The van der Waals surface area contributed by atoms with Crippen LogP contribution in [0, 0.1) is 0 Å². The van der Waals surface area contributed by atoms with Crippen LogP contribution in [-0.2, 0) is 20.7 Å². The van der Waals surface area contributed by atoms with E-state index in [-0.39, 0.29) is 19.6 Å². The average Bonchev–Trinajstić information content (AvgIpc) is 3.20. The van der Waals surface area contributed by atoms with Gasteiger partial charge in [0.15, 0.2) is 11.5 Å². The summed E-state index contributed by atoms with van der Waals surface area (Å²) in [5, 5.41) is 12.2. The van der Waals surface area contributed by atoms with Gasteiger partial charge in [-0.3, -0.25) is 9.69 Å². The van der Waals surface area contributed by atoms with Gasteiger partial charge in [-0.1, -0.05) is 6.92 Å². The molecule has 1 aromatic carbocycles. The van der Waals surface area contributed by atoms with Crippen LogP contribution in [0.4, 0.5) is 10.5 Å². The summed E-state index contributed by atoms with van der Waals surface area (Å²) in [7, 11) is 0. The lowest BCUT2D eigenvalue weighted by Crippen LogP contribution is -2.53. The zero-order chi connectivity index (χ0) is 20.6. The number of alkyl carbamates (subject to hydrolysis) is 1. The third kappa shape index (κ3) is 3.69. The second-order valence-electron chi connectivity index (χ2n) is 7.67. The smallest absolute Gasteiger partial charge is 0.408 e. The summed E-state index contributed by atoms with van der Waals surface area (Å²) in [6.45, 7) is 6.93. The maximum atomic E-state index is 13.2. The van der Waals surface area contributed by atoms with Gasteiger partial charge in [-0.25, -0.2) is 9.59 Å². The van der Waals surface area contributed by atoms with Crippen LogP contribution in [0.5, 0.6) is 11.5 Å². The number of aliphatic carboxylic acids is 1. The Morgan fingerprint density at radius 3 is 2.64 bits per heavy atom. The van der Waals surface area contributed by atoms with Crippen molar-refractivity contribution in [1.29, 1.82) is 0 Å². The standard InChI is InChI=1S/C19H24N2O7/c1-5-11(20-18(25)28-19(2,3)4)16(22)21-12-6-7-14-15(27-9-26-14)10(12)8-13(21)17(23)24/h6-7,11,13H,5,8-9H2,1-4H3,(H,20,25)(H,23,24)/t11-,13+/m0/s1. The number of nitrogens with zero attached hydrogens (tertiary/aromatic N) is 1. The highest BCUT2D eigenvalue weighted by atomic mass is 16.7. The number of nitrogens with one attached hydrogen (secondary N) is 1. The van der Waals surface area contributed by atoms with Crippen LogP contribution < -0.4 is 19.7 Å². The first-order valence-electron chi connectivity index (χ1n) is 9.09. The minimum absolute atomic E-state index is 0.0508. The van der Waals surface area contributed by atoms with Gasteiger partial charge in [-0.05, 0) is 39.3 Å². The van der Waals surface area contributed by atoms with E-state index in [4.69, 9.17) is 14.2 Å². The molecule has 28 heavy (non-hydrogen) atoms. The Morgan fingerprint density at radius 1 is 1.32 bits per heavy atom. The van der Waals surface area contributed by atoms with Gasteiger partial charge in [-0.2, -0.15) is 0 Å². The summed E-state index contributed by atoms with van der Waals surface area (Å²) >= 11 is 0. The molecule has 0 aliphatic carbocycles. The molecule has 0 spiro atoms. The summed E-state index contributed by atoms with van der Waals surface area (Å²) in [4.78, 5) is 38.3. The largest absolute Gasteiger partial charge is 0.480 e. The number of hydrogen-bond acceptors (Lipinski definition) is 6. The number of ether oxygens (including phenoxy) is 3. The van der Waals surface area contributed by atoms with Crippen LogP contribution in [0.2, 0.25) is 0 Å². The Labute approximate surface area is 162 Å². The van der Waals surface area contributed by atoms with Crippen molar-refractivity contribution in [2.45, 2.75) is 58.2 Å². The normalized spacial score (nSPS) is 18.4. The first kappa shape index (κ1) is 19.8. The monoisotopic (exact) mass is 392 g/mol. The van der Waals surface area contributed by atoms with Gasteiger partial charge in [0.25, 0.3) is 5.91 Å². The quantitative estimate of drug-likeness (QED) is 0.806. The van der Waals surface area contributed by atoms with E-state index in [2.05, 4.69) is 5.32 Å². The maximum absolute atomic E-state index is 13.2. The van der Waals surface area contributed by atoms with Crippen LogP contribution >= 0.6 is 0 Å². The lowest BCUT2D eigenvalue weighted by molar-refractivity contribution is -0.140. The second kappa shape index (κ2) is 7.21. The number of carboxylic acid groups (broad SMARTS) is 1. The number of benzene rings is 1. The van der Waals surface area contributed by atoms with Gasteiger partial charge in [0.1, 0.15) is 17.7 Å². The molecule has 2 aliphatic rings. The molecule has 3 rings (SSSR count). The molecule has 9 heteroatoms. The number of anilines is 1. The van der Waals surface area contributed by atoms with E-state index in [1.54, 1.807) is 39.8 Å². The number of carbonyl (C=O) groups excluding carboxylic acids is 2. The molecule has 2 atom stereocenters. The van der Waals surface area contributed by atoms with Crippen molar-refractivity contribution in [3.05, 3.63) is 17.7 Å². The third-order valence-corrected chi connectivity index (χ3v) is 4.51. The Hall–Kier alpha value is -2.97. The average molecular weight is 392 g/mol. The first-order chi connectivity index (χ1) is 13.1. The van der Waals surface area contributed by atoms with E-state index in [0.717, 1.165) is 0 Å². The third-order valence-electron chi connectivity index (χ3n) is 4.51. The van der Waals surface area contributed by atoms with Crippen molar-refractivity contribution < 1.29 is 33.7 Å². The molecule has 2 N–H and O–H groups in total. The maximum Gasteiger partial charge on any atom is 0.408 e. The summed E-state index contributed by atoms with van der Waals surface area (Å²) in [6.07, 6.45) is -0.350. The zero-order valence-electron chi connectivity index (χ0n) is 16.3. The van der Waals surface area contributed by atoms with Crippen LogP contribution in [0.15, 0.2) is 12.1 Å². The van der Waals surface area contributed by atoms with Crippen molar-refractivity contribution in [3.8, 4) is 11.5 Å². The van der Waals surface area contributed by atoms with E-state index in [0.29, 0.717) is 22.7 Å². The highest BCUT2D eigenvalue weighted by molar-refractivity contribution is 6.05. The van der Waals surface area contributed by atoms with Crippen LogP contribution in [0.3, 0.4) is 0 Å². The lowest BCUT2D eigenvalue weighted by Gasteiger charge is -2.28. The molecule has 152 valence electrons. The number of carboxylic acids is 1. The van der Waals surface area contributed by atoms with Crippen LogP contribution in [0.25, 0.3) is 0 Å². The SMILES string of the molecule is CC[C@H](NC(=O)OC(C)(C)C)C(=O)N1c2ccc3c(c2C[C@@H]1C(=O)O)OCO3. The molecule has 2 aliphatic heterocycles. The minimum Gasteiger partial charge on any atom is -0.480 e. The number of amides is 2. The highest BCUT2D eigenvalue weighted by Crippen LogP contribution is 2.46. The molecular weight excluding hydrogens is 368 g/mol. The van der Waals surface area contributed by atoms with Gasteiger partial charge in [0, 0.05) is 12.0 Å². The Balaban J connectivity index is 1.88. The fourth-order valence-corrected chi connectivity index (χ4v) is 3.32. The molecule has 0 saturated carbocycles. The van der Waals surface area contributed by atoms with Crippen molar-refractivity contribution in [2.24, 2.45) is 0 Å². The van der Waals surface area contributed by atoms with Gasteiger partial charge in [0.05, 0.1) is 5.69 Å². The first-order valence-corrected chi connectivity index (χ1v) is 9.09. The molecule has 2 amide bonds. The fourth-order valence-electron chi connectivity index (χ4n) is 3.32. The van der Waals surface area contributed by atoms with Crippen molar-refractivity contribution in [2.75, 3.05) is 11.7 Å². The zero-order valence-corrected chi connectivity index (χ0v) is 16.3. The van der Waals surface area contributed by atoms with Crippen molar-refractivity contribution in [1.82, 2.24) is 5.32 Å². The van der Waals surface area contributed by atoms with Crippen LogP contribution in [-0.4, -0.2) is 47.6 Å². The molecule has 0 fully saturated rings. The predicted octanol–water partition coefficient (Wildman–Crippen LogP) is 2.06. The van der Waals surface area contributed by atoms with Gasteiger partial charge < -0.3 is 24.6 Å². The Morgan fingerprint density at radius 2 is 2.04 bits per heavy atom. The molecule has 0 saturated heterocycles. The summed E-state index contributed by atoms with van der Waals surface area (Å²) in [6, 6.07) is 1.28. The molecule has 2 heterocycles. The molecule has 0 unspecified atom stereocenters. The Bertz CT molecular complexity index is 815. The van der Waals surface area contributed by atoms with E-state index in [1.165, 1.54) is 4.90 Å². The van der Waals surface area contributed by atoms with E-state index in [9.17, 15) is 19.5 Å². The number of fused-ring (bicyclic) bond motifs is 3. The minimum atomic E-state index is -1.13. The molecular formula is C19H24N2O7. The number of carbonyl (C=O) groups is 3. The van der Waals surface area contributed by atoms with E-state index < -0.39 is 35.7 Å². The molecule has 0 radical (unpaired) electrons. The highest BCUT2D eigenvalue weighted by Gasteiger charge is 2.43. The van der Waals surface area contributed by atoms with Crippen molar-refractivity contribution >= 4 is 23.7 Å². The van der Waals surface area contributed by atoms with Crippen LogP contribution in [0.1, 0.15) is 39.7 Å². The Kier molecular flexibility index (Phi) is 5.10. The fraction of sp³-hybridized carbons (Fsp3) is 0.526. The predicted molar refractivity (Wildman–Crippen MR) is 98.6 cm³/mol. The molecule has 0 aromatic heterocycles. The summed E-state index contributed by atoms with van der Waals surface area (Å²) in [5.74, 6) is -0.661. The lowest BCUT2D eigenvalue weighted by atomic mass is 10.1. The van der Waals surface area contributed by atoms with Gasteiger partial charge in [-0.15, -0.1) is 0 Å². The van der Waals surface area contributed by atoms with Crippen molar-refractivity contribution in [3.63, 3.8) is 0 Å². The van der Waals surface area contributed by atoms with Gasteiger partial charge in [0.2, 0.25) is 6.79 Å². The van der Waals surface area contributed by atoms with E-state index in [1.807, 2.05) is 0 Å². The number of rotatable bonds is 4. The number of hydrogen-bond donors (Lipinski definition) is 2. The molecule has 9 nitrogen and oxygen atoms in total. The summed E-state index contributed by atoms with van der Waals surface area (Å²) < 4.78 is 16.0. The summed E-state index contributed by atoms with van der Waals surface area (Å²) in [5.41, 5.74) is 0.349.